The molecule has 0 aromatic carbocycles. The molecule has 11 heavy (non-hydrogen) atoms. The Balaban J connectivity index is 2.39. The number of rotatable bonds is 3. The molecule has 1 atom stereocenters. The van der Waals surface area contributed by atoms with Crippen LogP contribution in [0.4, 0.5) is 0 Å². The highest BCUT2D eigenvalue weighted by Crippen LogP contribution is 2.06. The minimum atomic E-state index is -2.91. The molecule has 0 spiro atoms. The SMILES string of the molecule is NCCN[C@H]1C=CS(=O)(=O)C1. The summed E-state index contributed by atoms with van der Waals surface area (Å²) in [6.45, 7) is 1.19. The zero-order valence-electron chi connectivity index (χ0n) is 6.16. The summed E-state index contributed by atoms with van der Waals surface area (Å²) < 4.78 is 21.7. The van der Waals surface area contributed by atoms with Crippen LogP contribution in [0.25, 0.3) is 0 Å². The Morgan fingerprint density at radius 1 is 1.64 bits per heavy atom. The zero-order chi connectivity index (χ0) is 8.32. The lowest BCUT2D eigenvalue weighted by Crippen LogP contribution is -2.33. The van der Waals surface area contributed by atoms with Crippen molar-refractivity contribution in [3.8, 4) is 0 Å². The summed E-state index contributed by atoms with van der Waals surface area (Å²) >= 11 is 0. The van der Waals surface area contributed by atoms with E-state index in [-0.39, 0.29) is 11.8 Å². The number of hydrogen-bond donors (Lipinski definition) is 2. The van der Waals surface area contributed by atoms with Crippen molar-refractivity contribution in [3.63, 3.8) is 0 Å². The molecule has 1 aliphatic heterocycles. The van der Waals surface area contributed by atoms with E-state index in [0.717, 1.165) is 0 Å². The molecular weight excluding hydrogens is 164 g/mol. The third-order valence-electron chi connectivity index (χ3n) is 1.48. The van der Waals surface area contributed by atoms with Gasteiger partial charge in [0.05, 0.1) is 5.75 Å². The lowest BCUT2D eigenvalue weighted by Gasteiger charge is -2.06. The molecule has 5 heteroatoms. The molecular formula is C6H12N2O2S. The third-order valence-corrected chi connectivity index (χ3v) is 2.88. The highest BCUT2D eigenvalue weighted by molar-refractivity contribution is 7.94. The molecule has 0 fully saturated rings. The molecule has 0 bridgehead atoms. The normalized spacial score (nSPS) is 27.5. The van der Waals surface area contributed by atoms with Gasteiger partial charge in [0, 0.05) is 24.5 Å². The molecule has 0 radical (unpaired) electrons. The minimum Gasteiger partial charge on any atom is -0.329 e. The van der Waals surface area contributed by atoms with Crippen molar-refractivity contribution in [2.75, 3.05) is 18.8 Å². The van der Waals surface area contributed by atoms with E-state index in [0.29, 0.717) is 13.1 Å². The van der Waals surface area contributed by atoms with Gasteiger partial charge in [0.15, 0.2) is 9.84 Å². The molecule has 3 N–H and O–H groups in total. The van der Waals surface area contributed by atoms with Crippen LogP contribution < -0.4 is 11.1 Å². The van der Waals surface area contributed by atoms with Crippen LogP contribution in [0.15, 0.2) is 11.5 Å². The van der Waals surface area contributed by atoms with Crippen LogP contribution in [-0.4, -0.2) is 33.3 Å². The van der Waals surface area contributed by atoms with E-state index >= 15 is 0 Å². The molecule has 64 valence electrons. The third kappa shape index (κ3) is 2.61. The lowest BCUT2D eigenvalue weighted by atomic mass is 10.3. The Labute approximate surface area is 66.4 Å². The molecule has 0 aromatic rings. The van der Waals surface area contributed by atoms with Crippen LogP contribution in [0.5, 0.6) is 0 Å². The quantitative estimate of drug-likeness (QED) is 0.569. The van der Waals surface area contributed by atoms with E-state index < -0.39 is 9.84 Å². The van der Waals surface area contributed by atoms with Gasteiger partial charge in [0.25, 0.3) is 0 Å². The molecule has 0 saturated carbocycles. The van der Waals surface area contributed by atoms with E-state index in [1.165, 1.54) is 5.41 Å². The van der Waals surface area contributed by atoms with Crippen molar-refractivity contribution >= 4 is 9.84 Å². The minimum absolute atomic E-state index is 0.0384. The first kappa shape index (κ1) is 8.70. The van der Waals surface area contributed by atoms with E-state index in [9.17, 15) is 8.42 Å². The van der Waals surface area contributed by atoms with Crippen LogP contribution in [-0.2, 0) is 9.84 Å². The first-order valence-corrected chi connectivity index (χ1v) is 5.20. The van der Waals surface area contributed by atoms with Crippen molar-refractivity contribution in [2.45, 2.75) is 6.04 Å². The van der Waals surface area contributed by atoms with Crippen molar-refractivity contribution < 1.29 is 8.42 Å². The fourth-order valence-electron chi connectivity index (χ4n) is 0.972. The molecule has 0 amide bonds. The van der Waals surface area contributed by atoms with E-state index in [4.69, 9.17) is 5.73 Å². The average Bonchev–Trinajstić information content (AvgIpc) is 2.26. The second-order valence-corrected chi connectivity index (χ2v) is 4.44. The molecule has 0 aliphatic carbocycles. The van der Waals surface area contributed by atoms with Gasteiger partial charge in [-0.25, -0.2) is 8.42 Å². The maximum Gasteiger partial charge on any atom is 0.173 e. The maximum absolute atomic E-state index is 10.8. The Morgan fingerprint density at radius 2 is 2.36 bits per heavy atom. The number of sulfone groups is 1. The topological polar surface area (TPSA) is 72.2 Å². The molecule has 0 unspecified atom stereocenters. The van der Waals surface area contributed by atoms with E-state index in [1.807, 2.05) is 0 Å². The largest absolute Gasteiger partial charge is 0.329 e. The van der Waals surface area contributed by atoms with Crippen LogP contribution in [0.3, 0.4) is 0 Å². The first-order valence-electron chi connectivity index (χ1n) is 3.48. The van der Waals surface area contributed by atoms with Crippen molar-refractivity contribution in [1.82, 2.24) is 5.32 Å². The van der Waals surface area contributed by atoms with Crippen molar-refractivity contribution in [1.29, 1.82) is 0 Å². The first-order chi connectivity index (χ1) is 5.14. The van der Waals surface area contributed by atoms with Crippen LogP contribution in [0, 0.1) is 0 Å². The summed E-state index contributed by atoms with van der Waals surface area (Å²) in [4.78, 5) is 0. The molecule has 4 nitrogen and oxygen atoms in total. The standard InChI is InChI=1S/C6H12N2O2S/c7-2-3-8-6-1-4-11(9,10)5-6/h1,4,6,8H,2-3,5,7H2/t6-/m0/s1. The summed E-state index contributed by atoms with van der Waals surface area (Å²) in [5.74, 6) is 0.174. The summed E-state index contributed by atoms with van der Waals surface area (Å²) in [7, 11) is -2.91. The predicted molar refractivity (Wildman–Crippen MR) is 43.8 cm³/mol. The van der Waals surface area contributed by atoms with E-state index in [2.05, 4.69) is 5.32 Å². The average molecular weight is 176 g/mol. The second kappa shape index (κ2) is 3.34. The summed E-state index contributed by atoms with van der Waals surface area (Å²) in [5, 5.41) is 4.25. The molecule has 1 rings (SSSR count). The monoisotopic (exact) mass is 176 g/mol. The molecule has 0 aromatic heterocycles. The van der Waals surface area contributed by atoms with Gasteiger partial charge in [-0.1, -0.05) is 6.08 Å². The van der Waals surface area contributed by atoms with Gasteiger partial charge in [-0.2, -0.15) is 0 Å². The maximum atomic E-state index is 10.8. The van der Waals surface area contributed by atoms with Crippen molar-refractivity contribution in [2.24, 2.45) is 5.73 Å². The van der Waals surface area contributed by atoms with Crippen molar-refractivity contribution in [3.05, 3.63) is 11.5 Å². The van der Waals surface area contributed by atoms with Gasteiger partial charge in [-0.05, 0) is 0 Å². The van der Waals surface area contributed by atoms with E-state index in [1.54, 1.807) is 6.08 Å². The number of nitrogens with one attached hydrogen (secondary N) is 1. The van der Waals surface area contributed by atoms with Gasteiger partial charge in [-0.3, -0.25) is 0 Å². The second-order valence-electron chi connectivity index (χ2n) is 2.51. The Morgan fingerprint density at radius 3 is 2.82 bits per heavy atom. The summed E-state index contributed by atoms with van der Waals surface area (Å²) in [6.07, 6.45) is 1.66. The van der Waals surface area contributed by atoms with Gasteiger partial charge >= 0.3 is 0 Å². The fraction of sp³-hybridized carbons (Fsp3) is 0.667. The summed E-state index contributed by atoms with van der Waals surface area (Å²) in [5.41, 5.74) is 5.24. The van der Waals surface area contributed by atoms with Crippen LogP contribution in [0.2, 0.25) is 0 Å². The Kier molecular flexibility index (Phi) is 2.64. The highest BCUT2D eigenvalue weighted by Gasteiger charge is 2.20. The number of hydrogen-bond acceptors (Lipinski definition) is 4. The molecule has 1 heterocycles. The predicted octanol–water partition coefficient (Wildman–Crippen LogP) is -1.15. The fourth-order valence-corrected chi connectivity index (χ4v) is 2.24. The highest BCUT2D eigenvalue weighted by atomic mass is 32.2. The Bertz CT molecular complexity index is 245. The van der Waals surface area contributed by atoms with Gasteiger partial charge in [-0.15, -0.1) is 0 Å². The van der Waals surface area contributed by atoms with Gasteiger partial charge in [0.1, 0.15) is 0 Å². The van der Waals surface area contributed by atoms with Gasteiger partial charge < -0.3 is 11.1 Å². The van der Waals surface area contributed by atoms with Crippen LogP contribution in [0.1, 0.15) is 0 Å². The number of nitrogens with two attached hydrogens (primary N) is 1. The van der Waals surface area contributed by atoms with Crippen LogP contribution >= 0.6 is 0 Å². The summed E-state index contributed by atoms with van der Waals surface area (Å²) in [6, 6.07) is -0.0384. The Hall–Kier alpha value is -0.390. The smallest absolute Gasteiger partial charge is 0.173 e. The van der Waals surface area contributed by atoms with Gasteiger partial charge in [0.2, 0.25) is 0 Å². The molecule has 0 saturated heterocycles. The lowest BCUT2D eigenvalue weighted by molar-refractivity contribution is 0.592. The zero-order valence-corrected chi connectivity index (χ0v) is 6.97. The molecule has 1 aliphatic rings.